The Morgan fingerprint density at radius 1 is 1.33 bits per heavy atom. The minimum absolute atomic E-state index is 0.0823. The molecule has 0 spiro atoms. The minimum atomic E-state index is -0.0834. The van der Waals surface area contributed by atoms with Gasteiger partial charge in [0.25, 0.3) is 5.91 Å². The predicted octanol–water partition coefficient (Wildman–Crippen LogP) is 3.61. The van der Waals surface area contributed by atoms with Crippen molar-refractivity contribution < 1.29 is 4.79 Å². The number of hydrogen-bond acceptors (Lipinski definition) is 3. The van der Waals surface area contributed by atoms with Crippen molar-refractivity contribution in [1.82, 2.24) is 9.88 Å². The number of nitrogens with zero attached hydrogens (tertiary/aromatic N) is 2. The molecule has 0 radical (unpaired) electrons. The summed E-state index contributed by atoms with van der Waals surface area (Å²) in [6.45, 7) is 1.97. The average molecular weight is 304 g/mol. The fourth-order valence-electron chi connectivity index (χ4n) is 2.13. The van der Waals surface area contributed by atoms with Crippen LogP contribution in [0.2, 0.25) is 5.02 Å². The smallest absolute Gasteiger partial charge is 0.257 e. The van der Waals surface area contributed by atoms with Crippen molar-refractivity contribution in [2.75, 3.05) is 19.4 Å². The molecular formula is C16H18ClN3O. The van der Waals surface area contributed by atoms with Gasteiger partial charge in [-0.15, -0.1) is 0 Å². The molecule has 0 aliphatic heterocycles. The number of carbonyl (C=O) groups excluding carboxylic acids is 1. The second-order valence-electron chi connectivity index (χ2n) is 4.80. The van der Waals surface area contributed by atoms with Crippen LogP contribution in [0.3, 0.4) is 0 Å². The number of pyridine rings is 1. The lowest BCUT2D eigenvalue weighted by molar-refractivity contribution is 0.0743. The molecule has 0 saturated carbocycles. The fourth-order valence-corrected chi connectivity index (χ4v) is 2.33. The van der Waals surface area contributed by atoms with E-state index >= 15 is 0 Å². The van der Waals surface area contributed by atoms with Crippen LogP contribution in [-0.4, -0.2) is 29.9 Å². The molecule has 1 atom stereocenters. The number of carbonyl (C=O) groups is 1. The first-order chi connectivity index (χ1) is 10.0. The normalized spacial score (nSPS) is 11.8. The van der Waals surface area contributed by atoms with E-state index in [4.69, 9.17) is 11.6 Å². The number of nitrogens with one attached hydrogen (secondary N) is 1. The maximum Gasteiger partial charge on any atom is 0.257 e. The quantitative estimate of drug-likeness (QED) is 0.938. The van der Waals surface area contributed by atoms with E-state index in [1.807, 2.05) is 31.2 Å². The predicted molar refractivity (Wildman–Crippen MR) is 85.7 cm³/mol. The van der Waals surface area contributed by atoms with Crippen LogP contribution in [0.4, 0.5) is 5.82 Å². The van der Waals surface area contributed by atoms with E-state index < -0.39 is 0 Å². The average Bonchev–Trinajstić information content (AvgIpc) is 2.52. The summed E-state index contributed by atoms with van der Waals surface area (Å²) in [5, 5.41) is 3.60. The van der Waals surface area contributed by atoms with Gasteiger partial charge in [0.05, 0.1) is 11.6 Å². The maximum absolute atomic E-state index is 12.6. The zero-order valence-electron chi connectivity index (χ0n) is 12.3. The summed E-state index contributed by atoms with van der Waals surface area (Å²) >= 11 is 6.01. The Kier molecular flexibility index (Phi) is 4.81. The molecule has 1 unspecified atom stereocenters. The number of halogens is 1. The number of rotatable bonds is 4. The molecule has 21 heavy (non-hydrogen) atoms. The first-order valence-electron chi connectivity index (χ1n) is 6.70. The van der Waals surface area contributed by atoms with Crippen LogP contribution < -0.4 is 5.32 Å². The number of anilines is 1. The molecule has 0 aliphatic rings. The Morgan fingerprint density at radius 3 is 2.76 bits per heavy atom. The van der Waals surface area contributed by atoms with Gasteiger partial charge in [-0.2, -0.15) is 0 Å². The molecule has 5 heteroatoms. The first kappa shape index (κ1) is 15.3. The van der Waals surface area contributed by atoms with Crippen LogP contribution in [-0.2, 0) is 0 Å². The number of benzene rings is 1. The number of hydrogen-bond donors (Lipinski definition) is 1. The van der Waals surface area contributed by atoms with Gasteiger partial charge in [0, 0.05) is 25.3 Å². The summed E-state index contributed by atoms with van der Waals surface area (Å²) < 4.78 is 0. The molecular weight excluding hydrogens is 286 g/mol. The van der Waals surface area contributed by atoms with Crippen LogP contribution in [0.5, 0.6) is 0 Å². The monoisotopic (exact) mass is 303 g/mol. The van der Waals surface area contributed by atoms with Crippen molar-refractivity contribution in [3.8, 4) is 0 Å². The van der Waals surface area contributed by atoms with Crippen LogP contribution in [0, 0.1) is 0 Å². The SMILES string of the molecule is CNc1ncccc1C(=O)N(C)C(C)c1cccc(Cl)c1. The van der Waals surface area contributed by atoms with Crippen molar-refractivity contribution in [3.63, 3.8) is 0 Å². The molecule has 0 bridgehead atoms. The summed E-state index contributed by atoms with van der Waals surface area (Å²) in [5.74, 6) is 0.493. The molecule has 4 nitrogen and oxygen atoms in total. The Morgan fingerprint density at radius 2 is 2.10 bits per heavy atom. The lowest BCUT2D eigenvalue weighted by atomic mass is 10.1. The second-order valence-corrected chi connectivity index (χ2v) is 5.23. The lowest BCUT2D eigenvalue weighted by Gasteiger charge is -2.26. The molecule has 1 aromatic heterocycles. The third-order valence-electron chi connectivity index (χ3n) is 3.51. The third-order valence-corrected chi connectivity index (χ3v) is 3.74. The van der Waals surface area contributed by atoms with Gasteiger partial charge in [-0.25, -0.2) is 4.98 Å². The topological polar surface area (TPSA) is 45.2 Å². The van der Waals surface area contributed by atoms with Gasteiger partial charge in [-0.1, -0.05) is 23.7 Å². The lowest BCUT2D eigenvalue weighted by Crippen LogP contribution is -2.30. The standard InChI is InChI=1S/C16H18ClN3O/c1-11(12-6-4-7-13(17)10-12)20(3)16(21)14-8-5-9-19-15(14)18-2/h4-11H,1-3H3,(H,18,19). The van der Waals surface area contributed by atoms with Crippen molar-refractivity contribution >= 4 is 23.3 Å². The Balaban J connectivity index is 2.26. The molecule has 2 rings (SSSR count). The van der Waals surface area contributed by atoms with E-state index in [-0.39, 0.29) is 11.9 Å². The molecule has 1 aromatic carbocycles. The highest BCUT2D eigenvalue weighted by Gasteiger charge is 2.21. The summed E-state index contributed by atoms with van der Waals surface area (Å²) in [6, 6.07) is 11.0. The van der Waals surface area contributed by atoms with Crippen LogP contribution in [0.1, 0.15) is 28.9 Å². The molecule has 0 aliphatic carbocycles. The minimum Gasteiger partial charge on any atom is -0.372 e. The van der Waals surface area contributed by atoms with Crippen molar-refractivity contribution in [1.29, 1.82) is 0 Å². The van der Waals surface area contributed by atoms with E-state index in [1.165, 1.54) is 0 Å². The highest BCUT2D eigenvalue weighted by Crippen LogP contribution is 2.24. The molecule has 110 valence electrons. The van der Waals surface area contributed by atoms with E-state index in [1.54, 1.807) is 37.3 Å². The van der Waals surface area contributed by atoms with Crippen LogP contribution >= 0.6 is 11.6 Å². The van der Waals surface area contributed by atoms with Gasteiger partial charge in [0.15, 0.2) is 0 Å². The Labute approximate surface area is 129 Å². The maximum atomic E-state index is 12.6. The molecule has 1 heterocycles. The van der Waals surface area contributed by atoms with Crippen LogP contribution in [0.15, 0.2) is 42.6 Å². The van der Waals surface area contributed by atoms with Crippen molar-refractivity contribution in [2.24, 2.45) is 0 Å². The van der Waals surface area contributed by atoms with Crippen molar-refractivity contribution in [2.45, 2.75) is 13.0 Å². The Bertz CT molecular complexity index is 645. The van der Waals surface area contributed by atoms with E-state index in [9.17, 15) is 4.79 Å². The second kappa shape index (κ2) is 6.59. The largest absolute Gasteiger partial charge is 0.372 e. The molecule has 0 saturated heterocycles. The van der Waals surface area contributed by atoms with E-state index in [0.717, 1.165) is 5.56 Å². The zero-order chi connectivity index (χ0) is 15.4. The number of amides is 1. The van der Waals surface area contributed by atoms with Gasteiger partial charge in [0.2, 0.25) is 0 Å². The third kappa shape index (κ3) is 3.34. The van der Waals surface area contributed by atoms with Gasteiger partial charge < -0.3 is 10.2 Å². The first-order valence-corrected chi connectivity index (χ1v) is 7.07. The highest BCUT2D eigenvalue weighted by molar-refractivity contribution is 6.30. The summed E-state index contributed by atoms with van der Waals surface area (Å²) in [6.07, 6.45) is 1.66. The molecule has 1 amide bonds. The van der Waals surface area contributed by atoms with Gasteiger partial charge in [-0.05, 0) is 36.8 Å². The van der Waals surface area contributed by atoms with E-state index in [2.05, 4.69) is 10.3 Å². The van der Waals surface area contributed by atoms with Crippen molar-refractivity contribution in [3.05, 3.63) is 58.7 Å². The van der Waals surface area contributed by atoms with Gasteiger partial charge in [-0.3, -0.25) is 4.79 Å². The van der Waals surface area contributed by atoms with E-state index in [0.29, 0.717) is 16.4 Å². The van der Waals surface area contributed by atoms with Gasteiger partial charge in [0.1, 0.15) is 5.82 Å². The zero-order valence-corrected chi connectivity index (χ0v) is 13.1. The fraction of sp³-hybridized carbons (Fsp3) is 0.250. The van der Waals surface area contributed by atoms with Gasteiger partial charge >= 0.3 is 0 Å². The summed E-state index contributed by atoms with van der Waals surface area (Å²) in [4.78, 5) is 18.5. The summed E-state index contributed by atoms with van der Waals surface area (Å²) in [7, 11) is 3.53. The molecule has 1 N–H and O–H groups in total. The molecule has 2 aromatic rings. The Hall–Kier alpha value is -2.07. The van der Waals surface area contributed by atoms with Crippen LogP contribution in [0.25, 0.3) is 0 Å². The number of aromatic nitrogens is 1. The highest BCUT2D eigenvalue weighted by atomic mass is 35.5. The molecule has 0 fully saturated rings. The summed E-state index contributed by atoms with van der Waals surface area (Å²) in [5.41, 5.74) is 1.55.